The minimum atomic E-state index is -0.444. The van der Waals surface area contributed by atoms with Gasteiger partial charge in [0.15, 0.2) is 11.5 Å². The van der Waals surface area contributed by atoms with Gasteiger partial charge in [-0.15, -0.1) is 0 Å². The van der Waals surface area contributed by atoms with Crippen molar-refractivity contribution in [3.05, 3.63) is 30.2 Å². The summed E-state index contributed by atoms with van der Waals surface area (Å²) in [6.45, 7) is 0. The van der Waals surface area contributed by atoms with Gasteiger partial charge in [0, 0.05) is 18.7 Å². The Kier molecular flexibility index (Phi) is 3.36. The second-order valence-corrected chi connectivity index (χ2v) is 8.86. The molecule has 4 saturated carbocycles. The largest absolute Gasteiger partial charge is 0.463 e. The first-order valence-corrected chi connectivity index (χ1v) is 9.58. The molecule has 7 nitrogen and oxygen atoms in total. The van der Waals surface area contributed by atoms with Crippen molar-refractivity contribution in [1.29, 1.82) is 0 Å². The fourth-order valence-electron chi connectivity index (χ4n) is 6.24. The van der Waals surface area contributed by atoms with Crippen LogP contribution in [0.4, 0.5) is 0 Å². The van der Waals surface area contributed by atoms with Crippen LogP contribution in [0.2, 0.25) is 0 Å². The molecule has 142 valence electrons. The molecular weight excluding hydrogens is 344 g/mol. The number of primary amides is 1. The summed E-state index contributed by atoms with van der Waals surface area (Å²) in [5, 5.41) is 7.62. The summed E-state index contributed by atoms with van der Waals surface area (Å²) in [6.07, 6.45) is 7.03. The summed E-state index contributed by atoms with van der Waals surface area (Å²) in [6, 6.07) is 5.40. The number of carbonyl (C=O) groups excluding carboxylic acids is 2. The molecule has 0 aromatic carbocycles. The van der Waals surface area contributed by atoms with Crippen molar-refractivity contribution < 1.29 is 14.0 Å². The van der Waals surface area contributed by atoms with Crippen LogP contribution in [0.1, 0.15) is 49.0 Å². The molecule has 4 aliphatic rings. The molecule has 0 spiro atoms. The number of aromatic nitrogens is 2. The first kappa shape index (κ1) is 16.6. The summed E-state index contributed by atoms with van der Waals surface area (Å²) < 4.78 is 7.07. The van der Waals surface area contributed by atoms with Crippen molar-refractivity contribution in [2.45, 2.75) is 44.1 Å². The van der Waals surface area contributed by atoms with E-state index in [9.17, 15) is 9.59 Å². The molecule has 4 bridgehead atoms. The second-order valence-electron chi connectivity index (χ2n) is 8.86. The Balaban J connectivity index is 1.41. The number of aryl methyl sites for hydroxylation is 1. The summed E-state index contributed by atoms with van der Waals surface area (Å²) in [5.41, 5.74) is 6.14. The predicted molar refractivity (Wildman–Crippen MR) is 97.4 cm³/mol. The smallest absolute Gasteiger partial charge is 0.272 e. The molecule has 3 N–H and O–H groups in total. The normalized spacial score (nSPS) is 34.0. The van der Waals surface area contributed by atoms with E-state index in [1.807, 2.05) is 6.07 Å². The number of nitrogens with zero attached hydrogens (tertiary/aromatic N) is 2. The van der Waals surface area contributed by atoms with E-state index < -0.39 is 5.41 Å². The van der Waals surface area contributed by atoms with Crippen LogP contribution in [0.25, 0.3) is 11.5 Å². The molecule has 6 rings (SSSR count). The Hall–Kier alpha value is -2.57. The van der Waals surface area contributed by atoms with E-state index in [2.05, 4.69) is 10.4 Å². The van der Waals surface area contributed by atoms with Gasteiger partial charge in [-0.2, -0.15) is 5.10 Å². The molecule has 2 amide bonds. The molecular formula is C20H24N4O3. The van der Waals surface area contributed by atoms with Crippen LogP contribution in [0.3, 0.4) is 0 Å². The van der Waals surface area contributed by atoms with E-state index in [0.29, 0.717) is 29.7 Å². The maximum absolute atomic E-state index is 13.0. The highest BCUT2D eigenvalue weighted by molar-refractivity contribution is 5.94. The molecule has 0 saturated heterocycles. The highest BCUT2D eigenvalue weighted by atomic mass is 16.3. The number of amides is 2. The van der Waals surface area contributed by atoms with Crippen molar-refractivity contribution in [1.82, 2.24) is 15.1 Å². The molecule has 0 aliphatic heterocycles. The van der Waals surface area contributed by atoms with Gasteiger partial charge >= 0.3 is 0 Å². The molecule has 27 heavy (non-hydrogen) atoms. The average Bonchev–Trinajstić information content (AvgIpc) is 3.22. The summed E-state index contributed by atoms with van der Waals surface area (Å²) in [7, 11) is 1.79. The van der Waals surface area contributed by atoms with Gasteiger partial charge in [-0.05, 0) is 62.5 Å². The van der Waals surface area contributed by atoms with Gasteiger partial charge in [-0.1, -0.05) is 0 Å². The maximum Gasteiger partial charge on any atom is 0.272 e. The van der Waals surface area contributed by atoms with Crippen LogP contribution in [0.5, 0.6) is 0 Å². The third-order valence-electron chi connectivity index (χ3n) is 6.85. The SMILES string of the molecule is Cn1nc(C(=O)NC23CC4CC(C2)CC(C(N)=O)(C4)C3)cc1-c1ccco1. The predicted octanol–water partition coefficient (Wildman–Crippen LogP) is 2.23. The number of carbonyl (C=O) groups is 2. The fourth-order valence-corrected chi connectivity index (χ4v) is 6.24. The third-order valence-corrected chi connectivity index (χ3v) is 6.85. The van der Waals surface area contributed by atoms with Crippen LogP contribution in [-0.4, -0.2) is 27.1 Å². The first-order valence-electron chi connectivity index (χ1n) is 9.58. The minimum absolute atomic E-state index is 0.190. The Labute approximate surface area is 157 Å². The second kappa shape index (κ2) is 5.47. The van der Waals surface area contributed by atoms with Gasteiger partial charge in [-0.3, -0.25) is 14.3 Å². The van der Waals surface area contributed by atoms with Crippen molar-refractivity contribution in [3.8, 4) is 11.5 Å². The van der Waals surface area contributed by atoms with Crippen LogP contribution in [-0.2, 0) is 11.8 Å². The van der Waals surface area contributed by atoms with Gasteiger partial charge in [0.05, 0.1) is 11.7 Å². The number of furan rings is 1. The van der Waals surface area contributed by atoms with Crippen molar-refractivity contribution in [2.24, 2.45) is 30.0 Å². The first-order chi connectivity index (χ1) is 12.9. The monoisotopic (exact) mass is 368 g/mol. The average molecular weight is 368 g/mol. The standard InChI is InChI=1S/C20H24N4O3/c1-24-15(16-3-2-4-27-16)6-14(23-24)17(25)22-20-9-12-5-13(10-20)8-19(7-12,11-20)18(21)26/h2-4,6,12-13H,5,7-11H2,1H3,(H2,21,26)(H,22,25). The summed E-state index contributed by atoms with van der Waals surface area (Å²) >= 11 is 0. The number of rotatable bonds is 4. The van der Waals surface area contributed by atoms with Gasteiger partial charge in [0.2, 0.25) is 5.91 Å². The molecule has 2 aromatic heterocycles. The van der Waals surface area contributed by atoms with Gasteiger partial charge in [0.1, 0.15) is 5.69 Å². The van der Waals surface area contributed by atoms with E-state index in [1.165, 1.54) is 0 Å². The highest BCUT2D eigenvalue weighted by Gasteiger charge is 2.60. The van der Waals surface area contributed by atoms with E-state index in [1.54, 1.807) is 30.1 Å². The minimum Gasteiger partial charge on any atom is -0.463 e. The lowest BCUT2D eigenvalue weighted by atomic mass is 9.46. The molecule has 4 aliphatic carbocycles. The molecule has 2 aromatic rings. The van der Waals surface area contributed by atoms with E-state index in [-0.39, 0.29) is 17.4 Å². The lowest BCUT2D eigenvalue weighted by Crippen LogP contribution is -2.65. The zero-order chi connectivity index (χ0) is 18.8. The molecule has 2 atom stereocenters. The van der Waals surface area contributed by atoms with Crippen molar-refractivity contribution in [3.63, 3.8) is 0 Å². The lowest BCUT2D eigenvalue weighted by molar-refractivity contribution is -0.146. The van der Waals surface area contributed by atoms with Crippen molar-refractivity contribution >= 4 is 11.8 Å². The third kappa shape index (κ3) is 2.51. The van der Waals surface area contributed by atoms with Gasteiger partial charge in [0.25, 0.3) is 5.91 Å². The van der Waals surface area contributed by atoms with Crippen molar-refractivity contribution in [2.75, 3.05) is 0 Å². The maximum atomic E-state index is 13.0. The fraction of sp³-hybridized carbons (Fsp3) is 0.550. The Morgan fingerprint density at radius 1 is 1.30 bits per heavy atom. The molecule has 7 heteroatoms. The van der Waals surface area contributed by atoms with Crippen LogP contribution in [0.15, 0.2) is 28.9 Å². The number of hydrogen-bond donors (Lipinski definition) is 2. The van der Waals surface area contributed by atoms with Crippen LogP contribution < -0.4 is 11.1 Å². The van der Waals surface area contributed by atoms with Crippen LogP contribution >= 0.6 is 0 Å². The van der Waals surface area contributed by atoms with Gasteiger partial charge in [-0.25, -0.2) is 0 Å². The molecule has 2 unspecified atom stereocenters. The zero-order valence-electron chi connectivity index (χ0n) is 15.4. The van der Waals surface area contributed by atoms with E-state index >= 15 is 0 Å². The lowest BCUT2D eigenvalue weighted by Gasteiger charge is -2.61. The Morgan fingerprint density at radius 2 is 2.04 bits per heavy atom. The molecule has 4 fully saturated rings. The quantitative estimate of drug-likeness (QED) is 0.864. The van der Waals surface area contributed by atoms with E-state index in [0.717, 1.165) is 37.8 Å². The topological polar surface area (TPSA) is 103 Å². The number of hydrogen-bond acceptors (Lipinski definition) is 4. The molecule has 0 radical (unpaired) electrons. The summed E-state index contributed by atoms with van der Waals surface area (Å²) in [4.78, 5) is 25.2. The zero-order valence-corrected chi connectivity index (χ0v) is 15.4. The van der Waals surface area contributed by atoms with Crippen LogP contribution in [0, 0.1) is 17.3 Å². The van der Waals surface area contributed by atoms with E-state index in [4.69, 9.17) is 10.2 Å². The Bertz CT molecular complexity index is 900. The summed E-state index contributed by atoms with van der Waals surface area (Å²) in [5.74, 6) is 1.23. The Morgan fingerprint density at radius 3 is 2.67 bits per heavy atom. The number of nitrogens with one attached hydrogen (secondary N) is 1. The van der Waals surface area contributed by atoms with Gasteiger partial charge < -0.3 is 15.5 Å². The number of nitrogens with two attached hydrogens (primary N) is 1. The highest BCUT2D eigenvalue weighted by Crippen LogP contribution is 2.61. The molecule has 2 heterocycles.